The summed E-state index contributed by atoms with van der Waals surface area (Å²) >= 11 is 0. The molecule has 2 aromatic carbocycles. The van der Waals surface area contributed by atoms with Crippen LogP contribution >= 0.6 is 0 Å². The standard InChI is InChI=1S/2C16H14F3N3O2S.H2O/c2*1-10-13(20-7-6-14(10)24-9-16(17,18)19)8-25(23)15-21-11-4-2-3-5-12(11)22-15;/h2*2-7H,8-9H2,1H3,(H,21,22);1H2/t2*25-;/m11./s1. The zero-order chi connectivity index (χ0) is 36.1. The molecule has 19 heteroatoms. The first-order chi connectivity index (χ1) is 23.7. The minimum Gasteiger partial charge on any atom is -0.484 e. The first-order valence-corrected chi connectivity index (χ1v) is 17.2. The number of nitrogens with zero attached hydrogens (tertiary/aromatic N) is 4. The molecule has 0 spiro atoms. The molecule has 272 valence electrons. The minimum atomic E-state index is -4.42. The summed E-state index contributed by atoms with van der Waals surface area (Å²) < 4.78 is 108. The third-order valence-electron chi connectivity index (χ3n) is 7.00. The van der Waals surface area contributed by atoms with Gasteiger partial charge in [-0.3, -0.25) is 18.4 Å². The Bertz CT molecular complexity index is 1940. The molecule has 0 bridgehead atoms. The number of benzene rings is 2. The quantitative estimate of drug-likeness (QED) is 0.156. The fraction of sp³-hybridized carbons (Fsp3) is 0.250. The van der Waals surface area contributed by atoms with Crippen molar-refractivity contribution in [2.24, 2.45) is 0 Å². The number of hydrogen-bond acceptors (Lipinski definition) is 8. The summed E-state index contributed by atoms with van der Waals surface area (Å²) in [6.07, 6.45) is -6.17. The van der Waals surface area contributed by atoms with E-state index in [0.29, 0.717) is 43.9 Å². The Morgan fingerprint density at radius 3 is 1.35 bits per heavy atom. The zero-order valence-electron chi connectivity index (χ0n) is 26.8. The molecule has 0 fully saturated rings. The van der Waals surface area contributed by atoms with Crippen molar-refractivity contribution in [3.8, 4) is 11.5 Å². The van der Waals surface area contributed by atoms with Gasteiger partial charge in [-0.25, -0.2) is 9.97 Å². The number of rotatable bonds is 10. The smallest absolute Gasteiger partial charge is 0.422 e. The van der Waals surface area contributed by atoms with Crippen LogP contribution in [-0.2, 0) is 33.1 Å². The second-order valence-corrected chi connectivity index (χ2v) is 13.4. The van der Waals surface area contributed by atoms with E-state index in [1.54, 1.807) is 26.0 Å². The molecule has 0 saturated heterocycles. The van der Waals surface area contributed by atoms with E-state index < -0.39 is 47.2 Å². The predicted octanol–water partition coefficient (Wildman–Crippen LogP) is 6.21. The fourth-order valence-electron chi connectivity index (χ4n) is 4.50. The van der Waals surface area contributed by atoms with Gasteiger partial charge < -0.3 is 24.9 Å². The lowest BCUT2D eigenvalue weighted by Gasteiger charge is -2.13. The summed E-state index contributed by atoms with van der Waals surface area (Å²) in [7, 11) is -3.03. The van der Waals surface area contributed by atoms with Gasteiger partial charge in [0.2, 0.25) is 0 Å². The van der Waals surface area contributed by atoms with E-state index in [4.69, 9.17) is 9.47 Å². The minimum absolute atomic E-state index is 0. The summed E-state index contributed by atoms with van der Waals surface area (Å²) in [5, 5.41) is 0.591. The third-order valence-corrected chi connectivity index (χ3v) is 9.32. The van der Waals surface area contributed by atoms with Crippen molar-refractivity contribution in [3.05, 3.63) is 95.6 Å². The van der Waals surface area contributed by atoms with Gasteiger partial charge in [0.25, 0.3) is 0 Å². The number of aromatic nitrogens is 6. The lowest BCUT2D eigenvalue weighted by atomic mass is 10.2. The molecule has 0 saturated carbocycles. The van der Waals surface area contributed by atoms with E-state index >= 15 is 0 Å². The molecule has 4 aromatic heterocycles. The van der Waals surface area contributed by atoms with Crippen LogP contribution in [-0.4, -0.2) is 69.4 Å². The number of imidazole rings is 2. The van der Waals surface area contributed by atoms with Crippen molar-refractivity contribution in [2.75, 3.05) is 13.2 Å². The number of pyridine rings is 2. The van der Waals surface area contributed by atoms with E-state index in [9.17, 15) is 34.8 Å². The summed E-state index contributed by atoms with van der Waals surface area (Å²) in [5.41, 5.74) is 4.57. The molecule has 0 unspecified atom stereocenters. The average molecular weight is 757 g/mol. The van der Waals surface area contributed by atoms with Gasteiger partial charge in [0, 0.05) is 23.5 Å². The third kappa shape index (κ3) is 10.6. The fourth-order valence-corrected chi connectivity index (χ4v) is 6.70. The van der Waals surface area contributed by atoms with Gasteiger partial charge in [-0.1, -0.05) is 24.3 Å². The summed E-state index contributed by atoms with van der Waals surface area (Å²) in [4.78, 5) is 22.7. The molecule has 6 rings (SSSR count). The first-order valence-electron chi connectivity index (χ1n) is 14.6. The molecule has 11 nitrogen and oxygen atoms in total. The molecule has 4 N–H and O–H groups in total. The normalized spacial score (nSPS) is 12.9. The number of para-hydroxylation sites is 4. The number of nitrogens with one attached hydrogen (secondary N) is 2. The van der Waals surface area contributed by atoms with Gasteiger partial charge in [0.05, 0.1) is 66.6 Å². The molecule has 0 aliphatic rings. The molecular formula is C32H30F6N6O5S2. The highest BCUT2D eigenvalue weighted by molar-refractivity contribution is 7.84. The van der Waals surface area contributed by atoms with Crippen LogP contribution in [0.4, 0.5) is 26.3 Å². The molecule has 0 amide bonds. The molecule has 0 aliphatic carbocycles. The Morgan fingerprint density at radius 1 is 0.627 bits per heavy atom. The monoisotopic (exact) mass is 756 g/mol. The Hall–Kier alpha value is -4.88. The SMILES string of the molecule is Cc1c(OCC(F)(F)F)ccnc1C[S@@](=O)c1nc2ccccc2[nH]1.Cc1c(OCC(F)(F)F)ccnc1C[S@@](=O)c1nc2ccccc2[nH]1.O. The van der Waals surface area contributed by atoms with E-state index in [0.717, 1.165) is 11.0 Å². The van der Waals surface area contributed by atoms with Crippen molar-refractivity contribution in [3.63, 3.8) is 0 Å². The highest BCUT2D eigenvalue weighted by Crippen LogP contribution is 2.26. The van der Waals surface area contributed by atoms with Gasteiger partial charge in [-0.2, -0.15) is 26.3 Å². The molecule has 0 aliphatic heterocycles. The largest absolute Gasteiger partial charge is 0.484 e. The van der Waals surface area contributed by atoms with Crippen LogP contribution in [0.25, 0.3) is 22.1 Å². The Kier molecular flexibility index (Phi) is 12.5. The lowest BCUT2D eigenvalue weighted by molar-refractivity contribution is -0.154. The van der Waals surface area contributed by atoms with E-state index in [-0.39, 0.29) is 28.5 Å². The Labute approximate surface area is 291 Å². The van der Waals surface area contributed by atoms with Crippen molar-refractivity contribution in [1.82, 2.24) is 29.9 Å². The van der Waals surface area contributed by atoms with Gasteiger partial charge in [0.15, 0.2) is 23.5 Å². The van der Waals surface area contributed by atoms with Crippen LogP contribution in [0.5, 0.6) is 11.5 Å². The second kappa shape index (κ2) is 16.4. The molecule has 2 atom stereocenters. The highest BCUT2D eigenvalue weighted by Gasteiger charge is 2.30. The topological polar surface area (TPSA) is 167 Å². The number of ether oxygens (including phenoxy) is 2. The maximum atomic E-state index is 12.5. The summed E-state index contributed by atoms with van der Waals surface area (Å²) in [6, 6.07) is 17.2. The van der Waals surface area contributed by atoms with Crippen molar-refractivity contribution >= 4 is 43.7 Å². The zero-order valence-corrected chi connectivity index (χ0v) is 28.4. The molecular weight excluding hydrogens is 727 g/mol. The number of fused-ring (bicyclic) bond motifs is 2. The molecule has 4 heterocycles. The maximum absolute atomic E-state index is 12.5. The van der Waals surface area contributed by atoms with Crippen LogP contribution in [0, 0.1) is 13.8 Å². The van der Waals surface area contributed by atoms with Gasteiger partial charge in [-0.05, 0) is 50.2 Å². The Morgan fingerprint density at radius 2 is 1.00 bits per heavy atom. The van der Waals surface area contributed by atoms with E-state index in [2.05, 4.69) is 29.9 Å². The van der Waals surface area contributed by atoms with Gasteiger partial charge in [0.1, 0.15) is 11.5 Å². The second-order valence-electron chi connectivity index (χ2n) is 10.7. The first kappa shape index (κ1) is 38.9. The number of hydrogen-bond donors (Lipinski definition) is 2. The van der Waals surface area contributed by atoms with Crippen molar-refractivity contribution in [2.45, 2.75) is 48.0 Å². The van der Waals surface area contributed by atoms with Crippen LogP contribution in [0.15, 0.2) is 83.4 Å². The van der Waals surface area contributed by atoms with E-state index in [1.807, 2.05) is 36.4 Å². The van der Waals surface area contributed by atoms with Gasteiger partial charge in [-0.15, -0.1) is 0 Å². The maximum Gasteiger partial charge on any atom is 0.422 e. The molecule has 0 radical (unpaired) electrons. The van der Waals surface area contributed by atoms with Crippen LogP contribution in [0.3, 0.4) is 0 Å². The number of aromatic amines is 2. The van der Waals surface area contributed by atoms with E-state index in [1.165, 1.54) is 24.5 Å². The lowest BCUT2D eigenvalue weighted by Crippen LogP contribution is -2.20. The van der Waals surface area contributed by atoms with Crippen LogP contribution in [0.1, 0.15) is 22.5 Å². The summed E-state index contributed by atoms with van der Waals surface area (Å²) in [6.45, 7) is 0.404. The van der Waals surface area contributed by atoms with Crippen molar-refractivity contribution < 1.29 is 49.7 Å². The number of halogens is 6. The molecule has 6 aromatic rings. The molecule has 51 heavy (non-hydrogen) atoms. The number of alkyl halides is 6. The average Bonchev–Trinajstić information content (AvgIpc) is 3.70. The summed E-state index contributed by atoms with van der Waals surface area (Å²) in [5.74, 6) is 0.192. The van der Waals surface area contributed by atoms with Gasteiger partial charge >= 0.3 is 12.4 Å². The predicted molar refractivity (Wildman–Crippen MR) is 177 cm³/mol. The van der Waals surface area contributed by atoms with Crippen molar-refractivity contribution in [1.29, 1.82) is 0 Å². The Balaban J connectivity index is 0.000000224. The number of H-pyrrole nitrogens is 2. The van der Waals surface area contributed by atoms with Crippen LogP contribution in [0.2, 0.25) is 0 Å². The highest BCUT2D eigenvalue weighted by atomic mass is 32.2. The van der Waals surface area contributed by atoms with Crippen LogP contribution < -0.4 is 9.47 Å².